The van der Waals surface area contributed by atoms with Gasteiger partial charge in [-0.25, -0.2) is 14.8 Å². The molecule has 2 amide bonds. The van der Waals surface area contributed by atoms with Gasteiger partial charge in [0.25, 0.3) is 0 Å². The van der Waals surface area contributed by atoms with Crippen LogP contribution in [0.4, 0.5) is 10.7 Å². The van der Waals surface area contributed by atoms with Crippen LogP contribution in [0, 0.1) is 6.92 Å². The average Bonchev–Trinajstić information content (AvgIpc) is 2.46. The highest BCUT2D eigenvalue weighted by Gasteiger charge is 2.16. The summed E-state index contributed by atoms with van der Waals surface area (Å²) in [5, 5.41) is 5.65. The fourth-order valence-corrected chi connectivity index (χ4v) is 2.98. The highest BCUT2D eigenvalue weighted by Crippen LogP contribution is 2.20. The first-order valence-corrected chi connectivity index (χ1v) is 8.74. The van der Waals surface area contributed by atoms with Crippen molar-refractivity contribution in [3.8, 4) is 0 Å². The molecule has 0 aromatic carbocycles. The van der Waals surface area contributed by atoms with Gasteiger partial charge in [-0.05, 0) is 33.6 Å². The second kappa shape index (κ2) is 8.70. The molecule has 0 saturated carbocycles. The smallest absolute Gasteiger partial charge is 0.315 e. The van der Waals surface area contributed by atoms with Crippen LogP contribution in [0.1, 0.15) is 63.3 Å². The van der Waals surface area contributed by atoms with Crippen LogP contribution in [0.2, 0.25) is 0 Å². The molecule has 2 N–H and O–H groups in total. The van der Waals surface area contributed by atoms with Gasteiger partial charge in [0, 0.05) is 37.1 Å². The van der Waals surface area contributed by atoms with E-state index in [1.165, 1.54) is 32.1 Å². The monoisotopic (exact) mass is 319 g/mol. The number of aryl methyl sites for hydroxylation is 1. The molecule has 0 aliphatic carbocycles. The molecule has 6 heteroatoms. The summed E-state index contributed by atoms with van der Waals surface area (Å²) in [6, 6.07) is -0.268. The van der Waals surface area contributed by atoms with Gasteiger partial charge in [0.15, 0.2) is 0 Å². The minimum Gasteiger partial charge on any atom is -0.341 e. The SMILES string of the molecule is CCNC(=O)N[C@@H](C)c1cnc(N2CCCCCCC2)nc1C. The number of anilines is 1. The summed E-state index contributed by atoms with van der Waals surface area (Å²) in [5.41, 5.74) is 1.90. The third-order valence-corrected chi connectivity index (χ3v) is 4.29. The number of nitrogens with zero attached hydrogens (tertiary/aromatic N) is 3. The number of carbonyl (C=O) groups excluding carboxylic acids is 1. The topological polar surface area (TPSA) is 70.2 Å². The minimum atomic E-state index is -0.160. The zero-order valence-corrected chi connectivity index (χ0v) is 14.6. The van der Waals surface area contributed by atoms with E-state index in [9.17, 15) is 4.79 Å². The maximum atomic E-state index is 11.7. The molecule has 0 bridgehead atoms. The summed E-state index contributed by atoms with van der Waals surface area (Å²) >= 11 is 0. The van der Waals surface area contributed by atoms with Gasteiger partial charge in [0.2, 0.25) is 5.95 Å². The van der Waals surface area contributed by atoms with E-state index < -0.39 is 0 Å². The molecular formula is C17H29N5O. The van der Waals surface area contributed by atoms with Crippen molar-refractivity contribution in [3.05, 3.63) is 17.5 Å². The molecule has 1 saturated heterocycles. The van der Waals surface area contributed by atoms with Gasteiger partial charge in [0.1, 0.15) is 0 Å². The van der Waals surface area contributed by atoms with Crippen molar-refractivity contribution in [2.45, 2.75) is 58.9 Å². The summed E-state index contributed by atoms with van der Waals surface area (Å²) < 4.78 is 0. The number of hydrogen-bond donors (Lipinski definition) is 2. The normalized spacial score (nSPS) is 17.1. The fraction of sp³-hybridized carbons (Fsp3) is 0.706. The molecular weight excluding hydrogens is 290 g/mol. The maximum absolute atomic E-state index is 11.7. The number of aromatic nitrogens is 2. The lowest BCUT2D eigenvalue weighted by Crippen LogP contribution is -2.37. The number of hydrogen-bond acceptors (Lipinski definition) is 4. The molecule has 2 heterocycles. The van der Waals surface area contributed by atoms with Crippen molar-refractivity contribution in [1.29, 1.82) is 0 Å². The molecule has 1 fully saturated rings. The molecule has 2 rings (SSSR count). The standard InChI is InChI=1S/C17H29N5O/c1-4-18-17(23)21-14(3)15-12-19-16(20-13(15)2)22-10-8-6-5-7-9-11-22/h12,14H,4-11H2,1-3H3,(H2,18,21,23)/t14-/m0/s1. The van der Waals surface area contributed by atoms with E-state index >= 15 is 0 Å². The minimum absolute atomic E-state index is 0.108. The van der Waals surface area contributed by atoms with E-state index in [-0.39, 0.29) is 12.1 Å². The van der Waals surface area contributed by atoms with E-state index in [0.717, 1.165) is 30.3 Å². The third-order valence-electron chi connectivity index (χ3n) is 4.29. The second-order valence-corrected chi connectivity index (χ2v) is 6.19. The molecule has 0 radical (unpaired) electrons. The van der Waals surface area contributed by atoms with Crippen molar-refractivity contribution in [1.82, 2.24) is 20.6 Å². The predicted octanol–water partition coefficient (Wildman–Crippen LogP) is 2.94. The highest BCUT2D eigenvalue weighted by molar-refractivity contribution is 5.74. The summed E-state index contributed by atoms with van der Waals surface area (Å²) in [7, 11) is 0. The van der Waals surface area contributed by atoms with Crippen LogP contribution < -0.4 is 15.5 Å². The summed E-state index contributed by atoms with van der Waals surface area (Å²) in [6.45, 7) is 8.52. The van der Waals surface area contributed by atoms with Gasteiger partial charge in [-0.1, -0.05) is 19.3 Å². The summed E-state index contributed by atoms with van der Waals surface area (Å²) in [6.07, 6.45) is 8.20. The number of urea groups is 1. The van der Waals surface area contributed by atoms with E-state index in [2.05, 4.69) is 25.5 Å². The fourth-order valence-electron chi connectivity index (χ4n) is 2.98. The van der Waals surface area contributed by atoms with Crippen LogP contribution >= 0.6 is 0 Å². The van der Waals surface area contributed by atoms with Crippen molar-refractivity contribution in [2.75, 3.05) is 24.5 Å². The number of carbonyl (C=O) groups is 1. The highest BCUT2D eigenvalue weighted by atomic mass is 16.2. The van der Waals surface area contributed by atoms with Gasteiger partial charge in [-0.2, -0.15) is 0 Å². The van der Waals surface area contributed by atoms with Crippen LogP contribution in [0.3, 0.4) is 0 Å². The first-order chi connectivity index (χ1) is 11.1. The Hall–Kier alpha value is -1.85. The number of rotatable bonds is 4. The lowest BCUT2D eigenvalue weighted by atomic mass is 10.1. The molecule has 1 atom stereocenters. The summed E-state index contributed by atoms with van der Waals surface area (Å²) in [5.74, 6) is 0.818. The third kappa shape index (κ3) is 5.08. The van der Waals surface area contributed by atoms with E-state index in [4.69, 9.17) is 0 Å². The van der Waals surface area contributed by atoms with Gasteiger partial charge in [-0.15, -0.1) is 0 Å². The number of amides is 2. The Morgan fingerprint density at radius 3 is 2.52 bits per heavy atom. The maximum Gasteiger partial charge on any atom is 0.315 e. The van der Waals surface area contributed by atoms with Gasteiger partial charge in [-0.3, -0.25) is 0 Å². The largest absolute Gasteiger partial charge is 0.341 e. The second-order valence-electron chi connectivity index (χ2n) is 6.19. The van der Waals surface area contributed by atoms with Crippen LogP contribution in [0.25, 0.3) is 0 Å². The van der Waals surface area contributed by atoms with Crippen LogP contribution in [0.5, 0.6) is 0 Å². The van der Waals surface area contributed by atoms with Gasteiger partial charge >= 0.3 is 6.03 Å². The Morgan fingerprint density at radius 2 is 1.91 bits per heavy atom. The van der Waals surface area contributed by atoms with Crippen molar-refractivity contribution in [3.63, 3.8) is 0 Å². The van der Waals surface area contributed by atoms with E-state index in [1.54, 1.807) is 0 Å². The molecule has 1 aromatic rings. The van der Waals surface area contributed by atoms with Crippen LogP contribution in [-0.2, 0) is 0 Å². The van der Waals surface area contributed by atoms with Gasteiger partial charge < -0.3 is 15.5 Å². The molecule has 1 aromatic heterocycles. The van der Waals surface area contributed by atoms with Crippen LogP contribution in [-0.4, -0.2) is 35.6 Å². The Bertz CT molecular complexity index is 512. The lowest BCUT2D eigenvalue weighted by molar-refractivity contribution is 0.238. The van der Waals surface area contributed by atoms with Gasteiger partial charge in [0.05, 0.1) is 6.04 Å². The zero-order valence-electron chi connectivity index (χ0n) is 14.6. The molecule has 128 valence electrons. The van der Waals surface area contributed by atoms with Crippen molar-refractivity contribution in [2.24, 2.45) is 0 Å². The Labute approximate surface area is 139 Å². The first-order valence-electron chi connectivity index (χ1n) is 8.74. The van der Waals surface area contributed by atoms with Crippen molar-refractivity contribution < 1.29 is 4.79 Å². The lowest BCUT2D eigenvalue weighted by Gasteiger charge is -2.25. The molecule has 1 aliphatic heterocycles. The Morgan fingerprint density at radius 1 is 1.26 bits per heavy atom. The molecule has 6 nitrogen and oxygen atoms in total. The average molecular weight is 319 g/mol. The Kier molecular flexibility index (Phi) is 6.62. The van der Waals surface area contributed by atoms with E-state index in [1.807, 2.05) is 27.0 Å². The predicted molar refractivity (Wildman–Crippen MR) is 92.7 cm³/mol. The Balaban J connectivity index is 2.05. The summed E-state index contributed by atoms with van der Waals surface area (Å²) in [4.78, 5) is 23.2. The number of nitrogens with one attached hydrogen (secondary N) is 2. The molecule has 0 spiro atoms. The van der Waals surface area contributed by atoms with Crippen molar-refractivity contribution >= 4 is 12.0 Å². The van der Waals surface area contributed by atoms with E-state index in [0.29, 0.717) is 6.54 Å². The molecule has 1 aliphatic rings. The molecule has 0 unspecified atom stereocenters. The quantitative estimate of drug-likeness (QED) is 0.895. The first kappa shape index (κ1) is 17.5. The van der Waals surface area contributed by atoms with Crippen LogP contribution in [0.15, 0.2) is 6.20 Å². The molecule has 23 heavy (non-hydrogen) atoms. The zero-order chi connectivity index (χ0) is 16.7.